The maximum Gasteiger partial charge on any atom is 0.0641 e. The maximum atomic E-state index is 4.46. The van der Waals surface area contributed by atoms with Gasteiger partial charge >= 0.3 is 0 Å². The second-order valence-corrected chi connectivity index (χ2v) is 5.23. The summed E-state index contributed by atoms with van der Waals surface area (Å²) >= 11 is 0. The lowest BCUT2D eigenvalue weighted by Crippen LogP contribution is -2.19. The normalized spacial score (nSPS) is 12.7. The van der Waals surface area contributed by atoms with Crippen LogP contribution < -0.4 is 5.32 Å². The summed E-state index contributed by atoms with van der Waals surface area (Å²) in [5, 5.41) is 8.05. The molecule has 1 aromatic carbocycles. The summed E-state index contributed by atoms with van der Waals surface area (Å²) in [5.41, 5.74) is 6.36. The average molecular weight is 257 g/mol. The molecule has 3 nitrogen and oxygen atoms in total. The summed E-state index contributed by atoms with van der Waals surface area (Å²) in [5.74, 6) is 0. The van der Waals surface area contributed by atoms with Crippen molar-refractivity contribution >= 4 is 0 Å². The van der Waals surface area contributed by atoms with E-state index in [0.717, 1.165) is 12.2 Å². The number of rotatable bonds is 4. The molecule has 0 radical (unpaired) electrons. The number of aryl methyl sites for hydroxylation is 3. The second-order valence-electron chi connectivity index (χ2n) is 5.23. The molecule has 0 saturated carbocycles. The van der Waals surface area contributed by atoms with Gasteiger partial charge in [0.2, 0.25) is 0 Å². The highest BCUT2D eigenvalue weighted by Gasteiger charge is 2.12. The van der Waals surface area contributed by atoms with E-state index in [4.69, 9.17) is 0 Å². The van der Waals surface area contributed by atoms with E-state index in [1.807, 2.05) is 11.7 Å². The van der Waals surface area contributed by atoms with E-state index in [2.05, 4.69) is 62.4 Å². The molecule has 0 fully saturated rings. The lowest BCUT2D eigenvalue weighted by atomic mass is 10.0. The van der Waals surface area contributed by atoms with Crippen molar-refractivity contribution in [1.82, 2.24) is 15.1 Å². The Morgan fingerprint density at radius 3 is 2.47 bits per heavy atom. The van der Waals surface area contributed by atoms with Gasteiger partial charge in [-0.1, -0.05) is 24.3 Å². The zero-order valence-electron chi connectivity index (χ0n) is 12.5. The Hall–Kier alpha value is -1.61. The summed E-state index contributed by atoms with van der Waals surface area (Å²) in [7, 11) is 2.00. The number of hydrogen-bond donors (Lipinski definition) is 1. The van der Waals surface area contributed by atoms with Gasteiger partial charge in [0.1, 0.15) is 0 Å². The Kier molecular flexibility index (Phi) is 4.05. The van der Waals surface area contributed by atoms with Crippen LogP contribution in [0.15, 0.2) is 24.3 Å². The van der Waals surface area contributed by atoms with Gasteiger partial charge in [0.15, 0.2) is 0 Å². The molecule has 0 aliphatic heterocycles. The monoisotopic (exact) mass is 257 g/mol. The highest BCUT2D eigenvalue weighted by atomic mass is 15.3. The minimum Gasteiger partial charge on any atom is -0.306 e. The van der Waals surface area contributed by atoms with Crippen LogP contribution in [0.3, 0.4) is 0 Å². The Balaban J connectivity index is 2.09. The molecule has 2 rings (SSSR count). The van der Waals surface area contributed by atoms with Crippen molar-refractivity contribution < 1.29 is 0 Å². The van der Waals surface area contributed by atoms with Gasteiger partial charge in [0, 0.05) is 30.9 Å². The van der Waals surface area contributed by atoms with Gasteiger partial charge in [-0.15, -0.1) is 0 Å². The number of aromatic nitrogens is 2. The smallest absolute Gasteiger partial charge is 0.0641 e. The van der Waals surface area contributed by atoms with Crippen LogP contribution in [0.2, 0.25) is 0 Å². The third-order valence-electron chi connectivity index (χ3n) is 3.90. The van der Waals surface area contributed by atoms with Gasteiger partial charge in [-0.3, -0.25) is 4.68 Å². The molecule has 102 valence electrons. The van der Waals surface area contributed by atoms with Crippen molar-refractivity contribution in [3.8, 4) is 0 Å². The second kappa shape index (κ2) is 5.57. The summed E-state index contributed by atoms with van der Waals surface area (Å²) in [4.78, 5) is 0. The Morgan fingerprint density at radius 2 is 1.89 bits per heavy atom. The lowest BCUT2D eigenvalue weighted by Gasteiger charge is -2.16. The van der Waals surface area contributed by atoms with Gasteiger partial charge in [0.05, 0.1) is 5.69 Å². The molecule has 19 heavy (non-hydrogen) atoms. The average Bonchev–Trinajstić information content (AvgIpc) is 2.61. The van der Waals surface area contributed by atoms with Crippen LogP contribution in [-0.4, -0.2) is 9.78 Å². The minimum atomic E-state index is 0.347. The topological polar surface area (TPSA) is 29.9 Å². The first-order chi connectivity index (χ1) is 9.00. The summed E-state index contributed by atoms with van der Waals surface area (Å²) in [6.45, 7) is 9.43. The molecule has 0 spiro atoms. The van der Waals surface area contributed by atoms with E-state index in [1.54, 1.807) is 0 Å². The van der Waals surface area contributed by atoms with Gasteiger partial charge in [-0.05, 0) is 38.8 Å². The van der Waals surface area contributed by atoms with Crippen LogP contribution in [0, 0.1) is 20.8 Å². The molecule has 0 unspecified atom stereocenters. The first-order valence-corrected chi connectivity index (χ1v) is 6.78. The molecule has 2 aromatic rings. The van der Waals surface area contributed by atoms with E-state index in [9.17, 15) is 0 Å². The molecular weight excluding hydrogens is 234 g/mol. The van der Waals surface area contributed by atoms with Crippen LogP contribution in [-0.2, 0) is 13.6 Å². The first kappa shape index (κ1) is 13.8. The number of nitrogens with zero attached hydrogens (tertiary/aromatic N) is 2. The van der Waals surface area contributed by atoms with E-state index in [1.165, 1.54) is 22.4 Å². The van der Waals surface area contributed by atoms with Gasteiger partial charge < -0.3 is 5.32 Å². The first-order valence-electron chi connectivity index (χ1n) is 6.78. The number of hydrogen-bond acceptors (Lipinski definition) is 2. The SMILES string of the molecule is Cc1ccccc1[C@@H](C)NCc1c(C)nn(C)c1C. The predicted octanol–water partition coefficient (Wildman–Crippen LogP) is 3.20. The van der Waals surface area contributed by atoms with Crippen LogP contribution in [0.4, 0.5) is 0 Å². The van der Waals surface area contributed by atoms with Crippen molar-refractivity contribution in [3.63, 3.8) is 0 Å². The fourth-order valence-electron chi connectivity index (χ4n) is 2.51. The van der Waals surface area contributed by atoms with Crippen molar-refractivity contribution in [3.05, 3.63) is 52.3 Å². The summed E-state index contributed by atoms with van der Waals surface area (Å²) in [6.07, 6.45) is 0. The van der Waals surface area contributed by atoms with Crippen LogP contribution in [0.5, 0.6) is 0 Å². The molecule has 0 bridgehead atoms. The molecule has 1 atom stereocenters. The molecular formula is C16H23N3. The van der Waals surface area contributed by atoms with Crippen molar-refractivity contribution in [2.24, 2.45) is 7.05 Å². The number of benzene rings is 1. The van der Waals surface area contributed by atoms with Crippen molar-refractivity contribution in [1.29, 1.82) is 0 Å². The third-order valence-corrected chi connectivity index (χ3v) is 3.90. The minimum absolute atomic E-state index is 0.347. The van der Waals surface area contributed by atoms with Gasteiger partial charge in [0.25, 0.3) is 0 Å². The zero-order chi connectivity index (χ0) is 14.0. The molecule has 1 aromatic heterocycles. The lowest BCUT2D eigenvalue weighted by molar-refractivity contribution is 0.569. The van der Waals surface area contributed by atoms with E-state index in [-0.39, 0.29) is 0 Å². The Labute approximate surface area is 115 Å². The molecule has 0 aliphatic carbocycles. The van der Waals surface area contributed by atoms with E-state index < -0.39 is 0 Å². The Morgan fingerprint density at radius 1 is 1.21 bits per heavy atom. The van der Waals surface area contributed by atoms with E-state index >= 15 is 0 Å². The van der Waals surface area contributed by atoms with E-state index in [0.29, 0.717) is 6.04 Å². The van der Waals surface area contributed by atoms with Gasteiger partial charge in [-0.25, -0.2) is 0 Å². The highest BCUT2D eigenvalue weighted by Crippen LogP contribution is 2.18. The molecule has 0 amide bonds. The van der Waals surface area contributed by atoms with Gasteiger partial charge in [-0.2, -0.15) is 5.10 Å². The Bertz CT molecular complexity index is 569. The van der Waals surface area contributed by atoms with Crippen LogP contribution in [0.25, 0.3) is 0 Å². The van der Waals surface area contributed by atoms with Crippen LogP contribution >= 0.6 is 0 Å². The fourth-order valence-corrected chi connectivity index (χ4v) is 2.51. The summed E-state index contributed by atoms with van der Waals surface area (Å²) in [6, 6.07) is 8.88. The predicted molar refractivity (Wildman–Crippen MR) is 79.1 cm³/mol. The molecule has 0 aliphatic rings. The molecule has 1 heterocycles. The van der Waals surface area contributed by atoms with Crippen molar-refractivity contribution in [2.75, 3.05) is 0 Å². The third kappa shape index (κ3) is 2.87. The van der Waals surface area contributed by atoms with Crippen molar-refractivity contribution in [2.45, 2.75) is 40.3 Å². The number of nitrogens with one attached hydrogen (secondary N) is 1. The standard InChI is InChI=1S/C16H23N3/c1-11-8-6-7-9-15(11)12(2)17-10-16-13(3)18-19(5)14(16)4/h6-9,12,17H,10H2,1-5H3/t12-/m1/s1. The largest absolute Gasteiger partial charge is 0.306 e. The molecule has 1 N–H and O–H groups in total. The highest BCUT2D eigenvalue weighted by molar-refractivity contribution is 5.29. The zero-order valence-corrected chi connectivity index (χ0v) is 12.5. The summed E-state index contributed by atoms with van der Waals surface area (Å²) < 4.78 is 1.95. The maximum absolute atomic E-state index is 4.46. The molecule has 0 saturated heterocycles. The molecule has 3 heteroatoms. The van der Waals surface area contributed by atoms with Crippen LogP contribution in [0.1, 0.15) is 41.0 Å². The fraction of sp³-hybridized carbons (Fsp3) is 0.438. The quantitative estimate of drug-likeness (QED) is 0.911.